The van der Waals surface area contributed by atoms with Gasteiger partial charge in [0.15, 0.2) is 0 Å². The van der Waals surface area contributed by atoms with Gasteiger partial charge in [-0.1, -0.05) is 45.0 Å². The lowest BCUT2D eigenvalue weighted by Gasteiger charge is -2.25. The Hall–Kier alpha value is -0.980. The van der Waals surface area contributed by atoms with Gasteiger partial charge >= 0.3 is 0 Å². The van der Waals surface area contributed by atoms with Crippen LogP contribution in [0.5, 0.6) is 0 Å². The number of hydrogen-bond donors (Lipinski definition) is 1. The molecule has 1 fully saturated rings. The summed E-state index contributed by atoms with van der Waals surface area (Å²) in [5.41, 5.74) is 2.65. The highest BCUT2D eigenvalue weighted by Crippen LogP contribution is 2.25. The van der Waals surface area contributed by atoms with Crippen molar-refractivity contribution in [2.75, 3.05) is 46.9 Å². The minimum Gasteiger partial charge on any atom is -0.394 e. The normalized spacial score (nSPS) is 20.8. The lowest BCUT2D eigenvalue weighted by molar-refractivity contribution is -0.163. The summed E-state index contributed by atoms with van der Waals surface area (Å²) in [5, 5.41) is 11.5. The third kappa shape index (κ3) is 7.80. The minimum absolute atomic E-state index is 0.0502. The summed E-state index contributed by atoms with van der Waals surface area (Å²) < 4.78 is 0. The summed E-state index contributed by atoms with van der Waals surface area (Å²) in [5.74, 6) is 1.15. The maximum absolute atomic E-state index is 9.51. The Morgan fingerprint density at radius 2 is 1.93 bits per heavy atom. The number of hydrogen-bond acceptors (Lipinski definition) is 5. The Morgan fingerprint density at radius 3 is 2.54 bits per heavy atom. The van der Waals surface area contributed by atoms with Crippen molar-refractivity contribution in [3.63, 3.8) is 0 Å². The largest absolute Gasteiger partial charge is 0.394 e. The number of aliphatic hydroxyl groups is 1. The number of benzene rings is 1. The summed E-state index contributed by atoms with van der Waals surface area (Å²) in [6.07, 6.45) is 2.22. The zero-order valence-electron chi connectivity index (χ0n) is 18.6. The van der Waals surface area contributed by atoms with E-state index in [1.807, 2.05) is 5.06 Å². The predicted octanol–water partition coefficient (Wildman–Crippen LogP) is 3.23. The van der Waals surface area contributed by atoms with Gasteiger partial charge in [-0.2, -0.15) is 5.06 Å². The first-order valence-corrected chi connectivity index (χ1v) is 10.9. The summed E-state index contributed by atoms with van der Waals surface area (Å²) >= 11 is 0. The van der Waals surface area contributed by atoms with Gasteiger partial charge in [0.05, 0.1) is 6.61 Å². The standard InChI is InChI=1S/C23H41N3O2/c1-6-22-17-26(28-23(22)18-27)16-21-9-7-8-20(14-21)15-25(11-10-19(2)3)13-12-24(4)5/h7-9,14,19,22-23,27H,6,10-13,15-18H2,1-5H3/t22-,23-/m0/s1. The second-order valence-corrected chi connectivity index (χ2v) is 8.90. The summed E-state index contributed by atoms with van der Waals surface area (Å²) in [6, 6.07) is 8.89. The molecule has 1 aliphatic heterocycles. The molecule has 1 aromatic rings. The first-order valence-electron chi connectivity index (χ1n) is 10.9. The van der Waals surface area contributed by atoms with Crippen LogP contribution >= 0.6 is 0 Å². The van der Waals surface area contributed by atoms with Gasteiger partial charge in [-0.15, -0.1) is 0 Å². The zero-order valence-corrected chi connectivity index (χ0v) is 18.6. The van der Waals surface area contributed by atoms with Crippen LogP contribution in [-0.2, 0) is 17.9 Å². The SMILES string of the molecule is CC[C@H]1CN(Cc2cccc(CN(CCC(C)C)CCN(C)C)c2)O[C@H]1CO. The van der Waals surface area contributed by atoms with Crippen molar-refractivity contribution in [3.8, 4) is 0 Å². The van der Waals surface area contributed by atoms with Gasteiger partial charge in [0.25, 0.3) is 0 Å². The Bertz CT molecular complexity index is 541. The first kappa shape index (κ1) is 23.3. The summed E-state index contributed by atoms with van der Waals surface area (Å²) in [7, 11) is 4.28. The van der Waals surface area contributed by atoms with Crippen molar-refractivity contribution in [2.24, 2.45) is 11.8 Å². The zero-order chi connectivity index (χ0) is 20.5. The van der Waals surface area contributed by atoms with Crippen LogP contribution in [0.4, 0.5) is 0 Å². The van der Waals surface area contributed by atoms with Gasteiger partial charge in [0.1, 0.15) is 6.10 Å². The van der Waals surface area contributed by atoms with Crippen molar-refractivity contribution in [3.05, 3.63) is 35.4 Å². The van der Waals surface area contributed by atoms with Gasteiger partial charge in [0, 0.05) is 38.6 Å². The average molecular weight is 392 g/mol. The molecule has 1 aliphatic rings. The molecule has 0 spiro atoms. The van der Waals surface area contributed by atoms with Crippen LogP contribution in [-0.4, -0.2) is 73.0 Å². The summed E-state index contributed by atoms with van der Waals surface area (Å²) in [4.78, 5) is 10.8. The van der Waals surface area contributed by atoms with E-state index in [1.165, 1.54) is 17.5 Å². The molecule has 2 atom stereocenters. The molecular formula is C23H41N3O2. The fraction of sp³-hybridized carbons (Fsp3) is 0.739. The van der Waals surface area contributed by atoms with Crippen LogP contribution in [0.2, 0.25) is 0 Å². The smallest absolute Gasteiger partial charge is 0.106 e. The third-order valence-electron chi connectivity index (χ3n) is 5.60. The first-order chi connectivity index (χ1) is 13.4. The fourth-order valence-corrected chi connectivity index (χ4v) is 3.72. The van der Waals surface area contributed by atoms with Crippen LogP contribution < -0.4 is 0 Å². The van der Waals surface area contributed by atoms with Gasteiger partial charge < -0.3 is 10.0 Å². The number of rotatable bonds is 12. The van der Waals surface area contributed by atoms with Crippen molar-refractivity contribution >= 4 is 0 Å². The predicted molar refractivity (Wildman–Crippen MR) is 116 cm³/mol. The molecule has 1 saturated heterocycles. The topological polar surface area (TPSA) is 39.2 Å². The minimum atomic E-state index is -0.0502. The average Bonchev–Trinajstić information content (AvgIpc) is 3.06. The molecule has 1 heterocycles. The molecular weight excluding hydrogens is 350 g/mol. The van der Waals surface area contributed by atoms with Gasteiger partial charge in [-0.3, -0.25) is 9.74 Å². The van der Waals surface area contributed by atoms with E-state index in [-0.39, 0.29) is 12.7 Å². The van der Waals surface area contributed by atoms with E-state index in [0.29, 0.717) is 5.92 Å². The van der Waals surface area contributed by atoms with Crippen molar-refractivity contribution in [2.45, 2.75) is 52.8 Å². The van der Waals surface area contributed by atoms with E-state index in [0.717, 1.165) is 51.6 Å². The van der Waals surface area contributed by atoms with E-state index in [4.69, 9.17) is 4.84 Å². The van der Waals surface area contributed by atoms with E-state index in [1.54, 1.807) is 0 Å². The summed E-state index contributed by atoms with van der Waals surface area (Å²) in [6.45, 7) is 12.9. The van der Waals surface area contributed by atoms with Crippen LogP contribution in [0, 0.1) is 11.8 Å². The monoisotopic (exact) mass is 391 g/mol. The molecule has 160 valence electrons. The molecule has 1 N–H and O–H groups in total. The quantitative estimate of drug-likeness (QED) is 0.592. The molecule has 0 aliphatic carbocycles. The van der Waals surface area contributed by atoms with E-state index < -0.39 is 0 Å². The van der Waals surface area contributed by atoms with E-state index >= 15 is 0 Å². The molecule has 0 unspecified atom stereocenters. The van der Waals surface area contributed by atoms with Crippen LogP contribution in [0.25, 0.3) is 0 Å². The van der Waals surface area contributed by atoms with Crippen molar-refractivity contribution in [1.29, 1.82) is 0 Å². The Kier molecular flexibility index (Phi) is 9.89. The maximum atomic E-state index is 9.51. The molecule has 0 amide bonds. The molecule has 0 saturated carbocycles. The highest BCUT2D eigenvalue weighted by molar-refractivity contribution is 5.23. The molecule has 1 aromatic carbocycles. The second-order valence-electron chi connectivity index (χ2n) is 8.90. The highest BCUT2D eigenvalue weighted by Gasteiger charge is 2.32. The van der Waals surface area contributed by atoms with E-state index in [9.17, 15) is 5.11 Å². The number of aliphatic hydroxyl groups excluding tert-OH is 1. The molecule has 0 bridgehead atoms. The number of likely N-dealkylation sites (N-methyl/N-ethyl adjacent to an activating group) is 1. The third-order valence-corrected chi connectivity index (χ3v) is 5.60. The molecule has 5 nitrogen and oxygen atoms in total. The molecule has 5 heteroatoms. The number of hydroxylamine groups is 2. The highest BCUT2D eigenvalue weighted by atomic mass is 16.7. The van der Waals surface area contributed by atoms with Crippen LogP contribution in [0.3, 0.4) is 0 Å². The fourth-order valence-electron chi connectivity index (χ4n) is 3.72. The lowest BCUT2D eigenvalue weighted by atomic mass is 10.0. The Balaban J connectivity index is 1.96. The number of nitrogens with zero attached hydrogens (tertiary/aromatic N) is 3. The molecule has 0 aromatic heterocycles. The van der Waals surface area contributed by atoms with Gasteiger partial charge in [0.2, 0.25) is 0 Å². The molecule has 0 radical (unpaired) electrons. The van der Waals surface area contributed by atoms with Crippen molar-refractivity contribution in [1.82, 2.24) is 14.9 Å². The van der Waals surface area contributed by atoms with Gasteiger partial charge in [-0.25, -0.2) is 0 Å². The Labute approximate surface area is 172 Å². The van der Waals surface area contributed by atoms with Crippen LogP contribution in [0.15, 0.2) is 24.3 Å². The van der Waals surface area contributed by atoms with Crippen LogP contribution in [0.1, 0.15) is 44.7 Å². The Morgan fingerprint density at radius 1 is 1.18 bits per heavy atom. The molecule has 2 rings (SSSR count). The van der Waals surface area contributed by atoms with E-state index in [2.05, 4.69) is 68.9 Å². The maximum Gasteiger partial charge on any atom is 0.106 e. The lowest BCUT2D eigenvalue weighted by Crippen LogP contribution is -2.32. The van der Waals surface area contributed by atoms with Crippen molar-refractivity contribution < 1.29 is 9.94 Å². The second kappa shape index (κ2) is 11.9. The van der Waals surface area contributed by atoms with Gasteiger partial charge in [-0.05, 0) is 50.5 Å². The molecule has 28 heavy (non-hydrogen) atoms.